The van der Waals surface area contributed by atoms with Crippen molar-refractivity contribution in [2.75, 3.05) is 6.54 Å². The number of carboxylic acids is 1. The van der Waals surface area contributed by atoms with Crippen LogP contribution < -0.4 is 21.7 Å². The van der Waals surface area contributed by atoms with E-state index in [9.17, 15) is 24.3 Å². The van der Waals surface area contributed by atoms with E-state index in [0.29, 0.717) is 12.1 Å². The number of hydrogen-bond acceptors (Lipinski definition) is 6. The highest BCUT2D eigenvalue weighted by atomic mass is 16.4. The molecule has 166 valence electrons. The number of nitrogens with two attached hydrogens (primary N) is 1. The van der Waals surface area contributed by atoms with Crippen molar-refractivity contribution in [3.63, 3.8) is 0 Å². The van der Waals surface area contributed by atoms with Gasteiger partial charge >= 0.3 is 5.97 Å². The number of carbonyl (C=O) groups is 4. The average Bonchev–Trinajstić information content (AvgIpc) is 3.25. The lowest BCUT2D eigenvalue weighted by molar-refractivity contribution is -0.141. The molecule has 3 unspecified atom stereocenters. The zero-order chi connectivity index (χ0) is 22.8. The zero-order valence-corrected chi connectivity index (χ0v) is 17.0. The van der Waals surface area contributed by atoms with Crippen LogP contribution in [0.15, 0.2) is 42.9 Å². The largest absolute Gasteiger partial charge is 0.480 e. The third kappa shape index (κ3) is 7.90. The number of nitrogens with zero attached hydrogens (tertiary/aromatic N) is 1. The summed E-state index contributed by atoms with van der Waals surface area (Å²) in [5.74, 6) is -3.00. The van der Waals surface area contributed by atoms with E-state index in [2.05, 4.69) is 25.9 Å². The number of rotatable bonds is 11. The maximum Gasteiger partial charge on any atom is 0.326 e. The van der Waals surface area contributed by atoms with Crippen LogP contribution in [-0.2, 0) is 32.0 Å². The van der Waals surface area contributed by atoms with Crippen LogP contribution in [0.5, 0.6) is 0 Å². The van der Waals surface area contributed by atoms with E-state index in [1.54, 1.807) is 0 Å². The smallest absolute Gasteiger partial charge is 0.326 e. The minimum atomic E-state index is -1.22. The summed E-state index contributed by atoms with van der Waals surface area (Å²) in [4.78, 5) is 54.3. The van der Waals surface area contributed by atoms with Crippen molar-refractivity contribution in [2.45, 2.75) is 37.9 Å². The van der Waals surface area contributed by atoms with Gasteiger partial charge < -0.3 is 31.8 Å². The van der Waals surface area contributed by atoms with Crippen molar-refractivity contribution < 1.29 is 24.3 Å². The van der Waals surface area contributed by atoms with Crippen molar-refractivity contribution in [1.82, 2.24) is 25.9 Å². The van der Waals surface area contributed by atoms with E-state index in [0.717, 1.165) is 5.56 Å². The van der Waals surface area contributed by atoms with Gasteiger partial charge in [0.1, 0.15) is 12.1 Å². The number of imidazole rings is 1. The topological polar surface area (TPSA) is 179 Å². The number of H-pyrrole nitrogens is 1. The molecule has 3 atom stereocenters. The number of aromatic nitrogens is 2. The lowest BCUT2D eigenvalue weighted by Crippen LogP contribution is -2.52. The summed E-state index contributed by atoms with van der Waals surface area (Å²) >= 11 is 0. The highest BCUT2D eigenvalue weighted by Gasteiger charge is 2.23. The fourth-order valence-electron chi connectivity index (χ4n) is 2.73. The molecule has 1 aromatic heterocycles. The van der Waals surface area contributed by atoms with Crippen molar-refractivity contribution in [2.24, 2.45) is 5.73 Å². The molecule has 0 saturated heterocycles. The van der Waals surface area contributed by atoms with Gasteiger partial charge in [-0.05, 0) is 18.9 Å². The van der Waals surface area contributed by atoms with Gasteiger partial charge in [0, 0.05) is 18.3 Å². The Morgan fingerprint density at radius 1 is 1.10 bits per heavy atom. The molecule has 2 aromatic rings. The van der Waals surface area contributed by atoms with Crippen LogP contribution in [0, 0.1) is 0 Å². The Morgan fingerprint density at radius 2 is 1.81 bits per heavy atom. The number of hydrogen-bond donors (Lipinski definition) is 6. The summed E-state index contributed by atoms with van der Waals surface area (Å²) in [6.07, 6.45) is 3.19. The van der Waals surface area contributed by atoms with Crippen molar-refractivity contribution in [3.8, 4) is 0 Å². The number of carbonyl (C=O) groups excluding carboxylic acids is 3. The third-order valence-electron chi connectivity index (χ3n) is 4.42. The van der Waals surface area contributed by atoms with Crippen LogP contribution in [-0.4, -0.2) is 63.4 Å². The van der Waals surface area contributed by atoms with Gasteiger partial charge in [0.2, 0.25) is 17.7 Å². The fourth-order valence-corrected chi connectivity index (χ4v) is 2.73. The summed E-state index contributed by atoms with van der Waals surface area (Å²) in [5, 5.41) is 16.4. The first kappa shape index (κ1) is 23.5. The van der Waals surface area contributed by atoms with Gasteiger partial charge in [0.25, 0.3) is 0 Å². The van der Waals surface area contributed by atoms with Crippen LogP contribution in [0.4, 0.5) is 0 Å². The Labute approximate surface area is 178 Å². The van der Waals surface area contributed by atoms with Crippen LogP contribution in [0.25, 0.3) is 0 Å². The van der Waals surface area contributed by atoms with Gasteiger partial charge in [-0.2, -0.15) is 0 Å². The van der Waals surface area contributed by atoms with Crippen molar-refractivity contribution >= 4 is 23.7 Å². The van der Waals surface area contributed by atoms with Crippen LogP contribution in [0.2, 0.25) is 0 Å². The Hall–Kier alpha value is -3.73. The molecule has 0 saturated carbocycles. The second-order valence-electron chi connectivity index (χ2n) is 6.98. The molecule has 3 amide bonds. The summed E-state index contributed by atoms with van der Waals surface area (Å²) in [6.45, 7) is 1.01. The Morgan fingerprint density at radius 3 is 2.42 bits per heavy atom. The van der Waals surface area contributed by atoms with Crippen molar-refractivity contribution in [3.05, 3.63) is 54.1 Å². The van der Waals surface area contributed by atoms with Crippen LogP contribution in [0.3, 0.4) is 0 Å². The zero-order valence-electron chi connectivity index (χ0n) is 17.0. The van der Waals surface area contributed by atoms with Gasteiger partial charge in [-0.15, -0.1) is 0 Å². The van der Waals surface area contributed by atoms with E-state index < -0.39 is 48.4 Å². The normalized spacial score (nSPS) is 13.5. The monoisotopic (exact) mass is 430 g/mol. The van der Waals surface area contributed by atoms with Gasteiger partial charge in [0.15, 0.2) is 0 Å². The van der Waals surface area contributed by atoms with Gasteiger partial charge in [-0.3, -0.25) is 14.4 Å². The lowest BCUT2D eigenvalue weighted by atomic mass is 10.1. The molecule has 0 aliphatic carbocycles. The number of nitrogens with one attached hydrogen (secondary N) is 4. The van der Waals surface area contributed by atoms with E-state index >= 15 is 0 Å². The summed E-state index contributed by atoms with van der Waals surface area (Å²) in [6, 6.07) is 6.28. The first-order valence-corrected chi connectivity index (χ1v) is 9.63. The first-order chi connectivity index (χ1) is 14.8. The predicted octanol–water partition coefficient (Wildman–Crippen LogP) is -1.29. The van der Waals surface area contributed by atoms with Crippen LogP contribution >= 0.6 is 0 Å². The third-order valence-corrected chi connectivity index (χ3v) is 4.42. The Kier molecular flexibility index (Phi) is 8.70. The number of aromatic amines is 1. The molecule has 7 N–H and O–H groups in total. The van der Waals surface area contributed by atoms with Gasteiger partial charge in [-0.25, -0.2) is 9.78 Å². The SMILES string of the molecule is CC(NC(=O)C(N)Cc1ccccc1)C(=O)NCC(=O)NC(Cc1cnc[nH]1)C(=O)O. The number of carboxylic acid groups (broad SMARTS) is 1. The number of benzene rings is 1. The second-order valence-corrected chi connectivity index (χ2v) is 6.98. The molecule has 0 fully saturated rings. The molecule has 0 bridgehead atoms. The molecule has 11 nitrogen and oxygen atoms in total. The van der Waals surface area contributed by atoms with E-state index in [1.165, 1.54) is 19.4 Å². The maximum absolute atomic E-state index is 12.2. The molecule has 0 radical (unpaired) electrons. The molecular formula is C20H26N6O5. The minimum absolute atomic E-state index is 0.0147. The first-order valence-electron chi connectivity index (χ1n) is 9.63. The van der Waals surface area contributed by atoms with Crippen LogP contribution in [0.1, 0.15) is 18.2 Å². The van der Waals surface area contributed by atoms with Gasteiger partial charge in [-0.1, -0.05) is 30.3 Å². The lowest BCUT2D eigenvalue weighted by Gasteiger charge is -2.18. The molecule has 1 heterocycles. The summed E-state index contributed by atoms with van der Waals surface area (Å²) < 4.78 is 0. The Balaban J connectivity index is 1.76. The summed E-state index contributed by atoms with van der Waals surface area (Å²) in [5.41, 5.74) is 7.32. The predicted molar refractivity (Wildman–Crippen MR) is 111 cm³/mol. The van der Waals surface area contributed by atoms with Crippen molar-refractivity contribution in [1.29, 1.82) is 0 Å². The summed E-state index contributed by atoms with van der Waals surface area (Å²) in [7, 11) is 0. The molecule has 1 aromatic carbocycles. The van der Waals surface area contributed by atoms with E-state index in [1.807, 2.05) is 30.3 Å². The molecule has 0 aliphatic rings. The van der Waals surface area contributed by atoms with E-state index in [4.69, 9.17) is 5.73 Å². The van der Waals surface area contributed by atoms with Gasteiger partial charge in [0.05, 0.1) is 18.9 Å². The average molecular weight is 430 g/mol. The maximum atomic E-state index is 12.2. The standard InChI is InChI=1S/C20H26N6O5/c1-12(25-19(29)15(21)7-13-5-3-2-4-6-13)18(28)23-10-17(27)26-16(20(30)31)8-14-9-22-11-24-14/h2-6,9,11-12,15-16H,7-8,10,21H2,1H3,(H,22,24)(H,23,28)(H,25,29)(H,26,27)(H,30,31). The fraction of sp³-hybridized carbons (Fsp3) is 0.350. The molecule has 0 spiro atoms. The number of amides is 3. The van der Waals surface area contributed by atoms with E-state index in [-0.39, 0.29) is 6.42 Å². The molecular weight excluding hydrogens is 404 g/mol. The molecule has 11 heteroatoms. The Bertz CT molecular complexity index is 887. The molecule has 2 rings (SSSR count). The molecule has 0 aliphatic heterocycles. The highest BCUT2D eigenvalue weighted by molar-refractivity contribution is 5.92. The number of aliphatic carboxylic acids is 1. The highest BCUT2D eigenvalue weighted by Crippen LogP contribution is 2.02. The molecule has 31 heavy (non-hydrogen) atoms. The second kappa shape index (κ2) is 11.5. The minimum Gasteiger partial charge on any atom is -0.480 e. The quantitative estimate of drug-likeness (QED) is 0.257.